The summed E-state index contributed by atoms with van der Waals surface area (Å²) in [4.78, 5) is 18.6. The van der Waals surface area contributed by atoms with E-state index in [9.17, 15) is 4.79 Å². The maximum atomic E-state index is 12.5. The zero-order valence-corrected chi connectivity index (χ0v) is 12.7. The number of ether oxygens (including phenoxy) is 1. The lowest BCUT2D eigenvalue weighted by Gasteiger charge is -2.26. The van der Waals surface area contributed by atoms with Crippen LogP contribution in [-0.4, -0.2) is 31.6 Å². The molecule has 1 aromatic heterocycles. The fourth-order valence-electron chi connectivity index (χ4n) is 2.54. The number of anilines is 1. The topological polar surface area (TPSA) is 54.5 Å². The van der Waals surface area contributed by atoms with Crippen LogP contribution in [0.4, 0.5) is 5.82 Å². The summed E-state index contributed by atoms with van der Waals surface area (Å²) in [6.45, 7) is 0.612. The summed E-state index contributed by atoms with van der Waals surface area (Å²) in [6.07, 6.45) is 2.43. The van der Waals surface area contributed by atoms with E-state index in [1.54, 1.807) is 18.3 Å². The van der Waals surface area contributed by atoms with Gasteiger partial charge < -0.3 is 15.0 Å². The number of fused-ring (bicyclic) bond motifs is 1. The van der Waals surface area contributed by atoms with Crippen LogP contribution >= 0.6 is 0 Å². The summed E-state index contributed by atoms with van der Waals surface area (Å²) in [5, 5.41) is 3.09. The number of benzene rings is 1. The highest BCUT2D eigenvalue weighted by Gasteiger charge is 2.23. The standard InChI is InChI=1S/C17H19N3O2/c1-20(2)16-11-12(7-9-18-16)17(21)19-14-8-10-22-15-6-4-3-5-13(14)15/h3-7,9,11,14H,8,10H2,1-2H3,(H,19,21)/t14-/m1/s1. The Morgan fingerprint density at radius 2 is 2.14 bits per heavy atom. The summed E-state index contributed by atoms with van der Waals surface area (Å²) in [6, 6.07) is 11.3. The Bertz CT molecular complexity index is 685. The second-order valence-electron chi connectivity index (χ2n) is 5.50. The molecule has 2 heterocycles. The highest BCUT2D eigenvalue weighted by atomic mass is 16.5. The molecule has 1 aliphatic heterocycles. The van der Waals surface area contributed by atoms with Crippen LogP contribution in [0, 0.1) is 0 Å². The van der Waals surface area contributed by atoms with Crippen molar-refractivity contribution in [3.63, 3.8) is 0 Å². The Labute approximate surface area is 129 Å². The molecule has 2 aromatic rings. The third kappa shape index (κ3) is 2.88. The van der Waals surface area contributed by atoms with E-state index in [1.807, 2.05) is 43.3 Å². The van der Waals surface area contributed by atoms with Gasteiger partial charge in [-0.1, -0.05) is 18.2 Å². The van der Waals surface area contributed by atoms with Gasteiger partial charge in [0.2, 0.25) is 0 Å². The van der Waals surface area contributed by atoms with Crippen molar-refractivity contribution >= 4 is 11.7 Å². The average molecular weight is 297 g/mol. The number of hydrogen-bond acceptors (Lipinski definition) is 4. The van der Waals surface area contributed by atoms with Crippen molar-refractivity contribution in [2.45, 2.75) is 12.5 Å². The monoisotopic (exact) mass is 297 g/mol. The Kier molecular flexibility index (Phi) is 3.96. The Balaban J connectivity index is 1.79. The molecule has 0 spiro atoms. The van der Waals surface area contributed by atoms with Crippen molar-refractivity contribution in [1.29, 1.82) is 0 Å². The zero-order chi connectivity index (χ0) is 15.5. The van der Waals surface area contributed by atoms with E-state index < -0.39 is 0 Å². The first-order valence-electron chi connectivity index (χ1n) is 7.31. The number of carbonyl (C=O) groups is 1. The van der Waals surface area contributed by atoms with E-state index in [-0.39, 0.29) is 11.9 Å². The highest BCUT2D eigenvalue weighted by Crippen LogP contribution is 2.31. The molecule has 0 bridgehead atoms. The molecule has 22 heavy (non-hydrogen) atoms. The Morgan fingerprint density at radius 3 is 2.95 bits per heavy atom. The predicted octanol–water partition coefficient (Wildman–Crippen LogP) is 2.40. The van der Waals surface area contributed by atoms with Gasteiger partial charge in [0, 0.05) is 37.8 Å². The van der Waals surface area contributed by atoms with Crippen molar-refractivity contribution in [2.75, 3.05) is 25.6 Å². The maximum absolute atomic E-state index is 12.5. The summed E-state index contributed by atoms with van der Waals surface area (Å²) in [7, 11) is 3.80. The number of amides is 1. The van der Waals surface area contributed by atoms with Gasteiger partial charge in [-0.2, -0.15) is 0 Å². The van der Waals surface area contributed by atoms with E-state index >= 15 is 0 Å². The average Bonchev–Trinajstić information content (AvgIpc) is 2.55. The molecule has 1 aliphatic rings. The Hall–Kier alpha value is -2.56. The van der Waals surface area contributed by atoms with Gasteiger partial charge in [0.1, 0.15) is 11.6 Å². The number of carbonyl (C=O) groups excluding carboxylic acids is 1. The molecule has 0 fully saturated rings. The van der Waals surface area contributed by atoms with E-state index in [0.29, 0.717) is 12.2 Å². The van der Waals surface area contributed by atoms with Crippen molar-refractivity contribution < 1.29 is 9.53 Å². The molecule has 3 rings (SSSR count). The fourth-order valence-corrected chi connectivity index (χ4v) is 2.54. The van der Waals surface area contributed by atoms with Gasteiger partial charge in [-0.15, -0.1) is 0 Å². The van der Waals surface area contributed by atoms with Crippen LogP contribution in [-0.2, 0) is 0 Å². The van der Waals surface area contributed by atoms with Gasteiger partial charge in [-0.05, 0) is 18.2 Å². The minimum Gasteiger partial charge on any atom is -0.493 e. The number of pyridine rings is 1. The van der Waals surface area contributed by atoms with Crippen LogP contribution in [0.1, 0.15) is 28.4 Å². The summed E-state index contributed by atoms with van der Waals surface area (Å²) in [5.41, 5.74) is 1.65. The lowest BCUT2D eigenvalue weighted by molar-refractivity contribution is 0.0924. The molecule has 1 amide bonds. The molecule has 0 radical (unpaired) electrons. The number of nitrogens with zero attached hydrogens (tertiary/aromatic N) is 2. The van der Waals surface area contributed by atoms with Crippen LogP contribution in [0.5, 0.6) is 5.75 Å². The summed E-state index contributed by atoms with van der Waals surface area (Å²) >= 11 is 0. The number of hydrogen-bond donors (Lipinski definition) is 1. The molecule has 5 nitrogen and oxygen atoms in total. The smallest absolute Gasteiger partial charge is 0.251 e. The zero-order valence-electron chi connectivity index (χ0n) is 12.7. The number of rotatable bonds is 3. The minimum atomic E-state index is -0.0906. The molecule has 0 saturated carbocycles. The van der Waals surface area contributed by atoms with E-state index in [2.05, 4.69) is 10.3 Å². The molecule has 114 valence electrons. The number of nitrogens with one attached hydrogen (secondary N) is 1. The lowest BCUT2D eigenvalue weighted by Crippen LogP contribution is -2.32. The quantitative estimate of drug-likeness (QED) is 0.945. The first-order valence-corrected chi connectivity index (χ1v) is 7.31. The maximum Gasteiger partial charge on any atom is 0.251 e. The minimum absolute atomic E-state index is 0.0200. The molecule has 0 saturated heterocycles. The lowest BCUT2D eigenvalue weighted by atomic mass is 10.0. The van der Waals surface area contributed by atoms with Gasteiger partial charge in [0.15, 0.2) is 0 Å². The first kappa shape index (κ1) is 14.4. The van der Waals surface area contributed by atoms with Crippen molar-refractivity contribution in [3.8, 4) is 5.75 Å². The van der Waals surface area contributed by atoms with Crippen LogP contribution in [0.2, 0.25) is 0 Å². The molecular formula is C17H19N3O2. The largest absolute Gasteiger partial charge is 0.493 e. The van der Waals surface area contributed by atoms with Gasteiger partial charge in [-0.3, -0.25) is 4.79 Å². The van der Waals surface area contributed by atoms with Gasteiger partial charge in [0.05, 0.1) is 12.6 Å². The van der Waals surface area contributed by atoms with Crippen molar-refractivity contribution in [1.82, 2.24) is 10.3 Å². The molecule has 0 aliphatic carbocycles. The van der Waals surface area contributed by atoms with Crippen LogP contribution in [0.3, 0.4) is 0 Å². The third-order valence-electron chi connectivity index (χ3n) is 3.73. The molecular weight excluding hydrogens is 278 g/mol. The second-order valence-corrected chi connectivity index (χ2v) is 5.50. The van der Waals surface area contributed by atoms with E-state index in [4.69, 9.17) is 4.74 Å². The molecule has 1 aromatic carbocycles. The van der Waals surface area contributed by atoms with E-state index in [1.165, 1.54) is 0 Å². The predicted molar refractivity (Wildman–Crippen MR) is 85.3 cm³/mol. The SMILES string of the molecule is CN(C)c1cc(C(=O)N[C@@H]2CCOc3ccccc32)ccn1. The second kappa shape index (κ2) is 6.05. The van der Waals surface area contributed by atoms with Crippen LogP contribution in [0.15, 0.2) is 42.6 Å². The van der Waals surface area contributed by atoms with Crippen molar-refractivity contribution in [2.24, 2.45) is 0 Å². The van der Waals surface area contributed by atoms with Crippen LogP contribution < -0.4 is 15.0 Å². The highest BCUT2D eigenvalue weighted by molar-refractivity contribution is 5.95. The van der Waals surface area contributed by atoms with Crippen LogP contribution in [0.25, 0.3) is 0 Å². The summed E-state index contributed by atoms with van der Waals surface area (Å²) in [5.74, 6) is 1.52. The van der Waals surface area contributed by atoms with E-state index in [0.717, 1.165) is 23.6 Å². The molecule has 5 heteroatoms. The normalized spacial score (nSPS) is 16.4. The van der Waals surface area contributed by atoms with Crippen molar-refractivity contribution in [3.05, 3.63) is 53.7 Å². The number of aromatic nitrogens is 1. The molecule has 1 atom stereocenters. The Morgan fingerprint density at radius 1 is 1.32 bits per heavy atom. The third-order valence-corrected chi connectivity index (χ3v) is 3.73. The first-order chi connectivity index (χ1) is 10.6. The fraction of sp³-hybridized carbons (Fsp3) is 0.294. The number of para-hydroxylation sites is 1. The molecule has 1 N–H and O–H groups in total. The van der Waals surface area contributed by atoms with Gasteiger partial charge in [-0.25, -0.2) is 4.98 Å². The van der Waals surface area contributed by atoms with Gasteiger partial charge >= 0.3 is 0 Å². The molecule has 0 unspecified atom stereocenters. The summed E-state index contributed by atoms with van der Waals surface area (Å²) < 4.78 is 5.62. The van der Waals surface area contributed by atoms with Gasteiger partial charge in [0.25, 0.3) is 5.91 Å².